The smallest absolute Gasteiger partial charge is 0.222 e. The van der Waals surface area contributed by atoms with Crippen LogP contribution >= 0.6 is 0 Å². The number of aryl methyl sites for hydroxylation is 1. The molecule has 0 atom stereocenters. The number of piperazine rings is 1. The highest BCUT2D eigenvalue weighted by atomic mass is 19.1. The third-order valence-electron chi connectivity index (χ3n) is 5.51. The van der Waals surface area contributed by atoms with Crippen LogP contribution in [0.3, 0.4) is 0 Å². The van der Waals surface area contributed by atoms with Gasteiger partial charge in [-0.05, 0) is 38.6 Å². The Labute approximate surface area is 172 Å². The lowest BCUT2D eigenvalue weighted by atomic mass is 10.1. The monoisotopic (exact) mass is 401 g/mol. The van der Waals surface area contributed by atoms with Crippen LogP contribution in [0, 0.1) is 12.7 Å². The molecule has 0 spiro atoms. The molecule has 0 aliphatic carbocycles. The Kier molecular flexibility index (Phi) is 6.90. The fourth-order valence-corrected chi connectivity index (χ4v) is 3.84. The van der Waals surface area contributed by atoms with Gasteiger partial charge in [-0.2, -0.15) is 5.10 Å². The number of anilines is 1. The zero-order valence-electron chi connectivity index (χ0n) is 18.0. The van der Waals surface area contributed by atoms with Crippen LogP contribution in [0.4, 0.5) is 10.2 Å². The first-order chi connectivity index (χ1) is 13.9. The first-order valence-electron chi connectivity index (χ1n) is 10.5. The van der Waals surface area contributed by atoms with Crippen LogP contribution in [-0.2, 0) is 11.3 Å². The van der Waals surface area contributed by atoms with E-state index in [1.165, 1.54) is 12.1 Å². The van der Waals surface area contributed by atoms with E-state index >= 15 is 0 Å². The fourth-order valence-electron chi connectivity index (χ4n) is 3.84. The van der Waals surface area contributed by atoms with Crippen molar-refractivity contribution in [1.29, 1.82) is 0 Å². The van der Waals surface area contributed by atoms with Gasteiger partial charge in [-0.25, -0.2) is 9.07 Å². The molecule has 1 aliphatic rings. The maximum Gasteiger partial charge on any atom is 0.222 e. The molecule has 0 radical (unpaired) electrons. The topological polar surface area (TPSA) is 44.6 Å². The van der Waals surface area contributed by atoms with E-state index in [-0.39, 0.29) is 11.7 Å². The first kappa shape index (κ1) is 21.3. The van der Waals surface area contributed by atoms with Gasteiger partial charge in [0, 0.05) is 44.7 Å². The van der Waals surface area contributed by atoms with E-state index in [4.69, 9.17) is 5.10 Å². The molecule has 2 aromatic rings. The minimum absolute atomic E-state index is 0.147. The number of amides is 1. The maximum atomic E-state index is 13.9. The van der Waals surface area contributed by atoms with E-state index in [1.54, 1.807) is 6.07 Å². The Bertz CT molecular complexity index is 842. The average Bonchev–Trinajstić information content (AvgIpc) is 3.04. The van der Waals surface area contributed by atoms with Crippen molar-refractivity contribution in [3.8, 4) is 5.69 Å². The highest BCUT2D eigenvalue weighted by molar-refractivity contribution is 5.76. The summed E-state index contributed by atoms with van der Waals surface area (Å²) in [5, 5.41) is 4.77. The number of aromatic nitrogens is 2. The summed E-state index contributed by atoms with van der Waals surface area (Å²) in [5.41, 5.74) is 2.64. The van der Waals surface area contributed by atoms with Gasteiger partial charge in [0.1, 0.15) is 11.6 Å². The van der Waals surface area contributed by atoms with Crippen molar-refractivity contribution in [2.75, 3.05) is 44.7 Å². The Morgan fingerprint density at radius 1 is 1.21 bits per heavy atom. The molecule has 1 aromatic heterocycles. The molecule has 0 saturated carbocycles. The largest absolute Gasteiger partial charge is 0.354 e. The molecule has 1 fully saturated rings. The van der Waals surface area contributed by atoms with Gasteiger partial charge in [0.2, 0.25) is 5.91 Å². The fraction of sp³-hybridized carbons (Fsp3) is 0.545. The molecule has 0 unspecified atom stereocenters. The SMILES string of the molecule is CCCN(Cc1c(C)nn(-c2cccc(F)c2)c1N1CCN(C)CC1)C(=O)CC. The second kappa shape index (κ2) is 9.39. The van der Waals surface area contributed by atoms with Crippen molar-refractivity contribution < 1.29 is 9.18 Å². The highest BCUT2D eigenvalue weighted by Crippen LogP contribution is 2.30. The third-order valence-corrected chi connectivity index (χ3v) is 5.51. The van der Waals surface area contributed by atoms with Crippen molar-refractivity contribution >= 4 is 11.7 Å². The summed E-state index contributed by atoms with van der Waals surface area (Å²) in [5.74, 6) is 0.843. The minimum Gasteiger partial charge on any atom is -0.354 e. The van der Waals surface area contributed by atoms with Gasteiger partial charge < -0.3 is 14.7 Å². The van der Waals surface area contributed by atoms with Crippen LogP contribution in [0.1, 0.15) is 37.9 Å². The second-order valence-corrected chi connectivity index (χ2v) is 7.74. The number of halogens is 1. The lowest BCUT2D eigenvalue weighted by molar-refractivity contribution is -0.131. The molecule has 3 rings (SSSR count). The summed E-state index contributed by atoms with van der Waals surface area (Å²) >= 11 is 0. The van der Waals surface area contributed by atoms with Crippen LogP contribution < -0.4 is 4.90 Å². The Morgan fingerprint density at radius 3 is 2.55 bits per heavy atom. The van der Waals surface area contributed by atoms with Crippen molar-refractivity contribution in [2.45, 2.75) is 40.2 Å². The van der Waals surface area contributed by atoms with E-state index in [9.17, 15) is 9.18 Å². The predicted molar refractivity (Wildman–Crippen MR) is 114 cm³/mol. The lowest BCUT2D eigenvalue weighted by Crippen LogP contribution is -2.45. The summed E-state index contributed by atoms with van der Waals surface area (Å²) < 4.78 is 15.8. The van der Waals surface area contributed by atoms with Gasteiger partial charge in [-0.3, -0.25) is 4.79 Å². The minimum atomic E-state index is -0.282. The number of hydrogen-bond acceptors (Lipinski definition) is 4. The molecule has 2 heterocycles. The molecule has 6 nitrogen and oxygen atoms in total. The van der Waals surface area contributed by atoms with Gasteiger partial charge in [0.15, 0.2) is 0 Å². The molecule has 0 bridgehead atoms. The zero-order valence-corrected chi connectivity index (χ0v) is 18.0. The Morgan fingerprint density at radius 2 is 1.93 bits per heavy atom. The van der Waals surface area contributed by atoms with Gasteiger partial charge in [-0.1, -0.05) is 19.9 Å². The van der Waals surface area contributed by atoms with Crippen molar-refractivity contribution in [3.05, 3.63) is 41.3 Å². The zero-order chi connectivity index (χ0) is 21.0. The predicted octanol–water partition coefficient (Wildman–Crippen LogP) is 3.22. The molecule has 1 saturated heterocycles. The maximum absolute atomic E-state index is 13.9. The van der Waals surface area contributed by atoms with E-state index < -0.39 is 0 Å². The van der Waals surface area contributed by atoms with Gasteiger partial charge >= 0.3 is 0 Å². The van der Waals surface area contributed by atoms with Crippen LogP contribution in [0.25, 0.3) is 5.69 Å². The number of rotatable bonds is 7. The number of hydrogen-bond donors (Lipinski definition) is 0. The second-order valence-electron chi connectivity index (χ2n) is 7.74. The third kappa shape index (κ3) is 4.78. The highest BCUT2D eigenvalue weighted by Gasteiger charge is 2.26. The molecular formula is C22H32FN5O. The first-order valence-corrected chi connectivity index (χ1v) is 10.5. The van der Waals surface area contributed by atoms with Crippen molar-refractivity contribution in [1.82, 2.24) is 19.6 Å². The van der Waals surface area contributed by atoms with E-state index in [2.05, 4.69) is 23.8 Å². The quantitative estimate of drug-likeness (QED) is 0.715. The van der Waals surface area contributed by atoms with Crippen LogP contribution in [-0.4, -0.2) is 65.3 Å². The molecule has 7 heteroatoms. The summed E-state index contributed by atoms with van der Waals surface area (Å²) in [4.78, 5) is 19.0. The Hall–Kier alpha value is -2.41. The number of likely N-dealkylation sites (N-methyl/N-ethyl adjacent to an activating group) is 1. The normalized spacial score (nSPS) is 15.0. The van der Waals surface area contributed by atoms with Crippen LogP contribution in [0.2, 0.25) is 0 Å². The lowest BCUT2D eigenvalue weighted by Gasteiger charge is -2.35. The summed E-state index contributed by atoms with van der Waals surface area (Å²) in [6, 6.07) is 6.54. The summed E-state index contributed by atoms with van der Waals surface area (Å²) in [6.45, 7) is 10.9. The molecule has 1 aromatic carbocycles. The molecule has 158 valence electrons. The Balaban J connectivity index is 2.06. The summed E-state index contributed by atoms with van der Waals surface area (Å²) in [6.07, 6.45) is 1.40. The van der Waals surface area contributed by atoms with Crippen LogP contribution in [0.5, 0.6) is 0 Å². The number of carbonyl (C=O) groups is 1. The van der Waals surface area contributed by atoms with Crippen molar-refractivity contribution in [2.24, 2.45) is 0 Å². The molecule has 1 amide bonds. The molecule has 0 N–H and O–H groups in total. The summed E-state index contributed by atoms with van der Waals surface area (Å²) in [7, 11) is 2.12. The van der Waals surface area contributed by atoms with Gasteiger partial charge in [0.25, 0.3) is 0 Å². The van der Waals surface area contributed by atoms with Gasteiger partial charge in [0.05, 0.1) is 17.9 Å². The number of benzene rings is 1. The number of carbonyl (C=O) groups excluding carboxylic acids is 1. The average molecular weight is 402 g/mol. The van der Waals surface area contributed by atoms with Crippen molar-refractivity contribution in [3.63, 3.8) is 0 Å². The van der Waals surface area contributed by atoms with E-state index in [0.29, 0.717) is 18.7 Å². The van der Waals surface area contributed by atoms with Gasteiger partial charge in [-0.15, -0.1) is 0 Å². The number of nitrogens with zero attached hydrogens (tertiary/aromatic N) is 5. The molecule has 29 heavy (non-hydrogen) atoms. The van der Waals surface area contributed by atoms with Crippen LogP contribution in [0.15, 0.2) is 24.3 Å². The molecule has 1 aliphatic heterocycles. The van der Waals surface area contributed by atoms with E-state index in [1.807, 2.05) is 29.5 Å². The standard InChI is InChI=1S/C22H32FN5O/c1-5-10-27(21(29)6-2)16-20-17(3)24-28(19-9-7-8-18(23)15-19)22(20)26-13-11-25(4)12-14-26/h7-9,15H,5-6,10-14,16H2,1-4H3. The molecular weight excluding hydrogens is 369 g/mol. The van der Waals surface area contributed by atoms with E-state index in [0.717, 1.165) is 56.2 Å².